The lowest BCUT2D eigenvalue weighted by atomic mass is 9.92. The molecule has 1 aromatic carbocycles. The van der Waals surface area contributed by atoms with Crippen LogP contribution in [0.2, 0.25) is 0 Å². The minimum Gasteiger partial charge on any atom is -0.490 e. The molecule has 1 fully saturated rings. The second-order valence-electron chi connectivity index (χ2n) is 6.05. The average molecular weight is 274 g/mol. The van der Waals surface area contributed by atoms with E-state index in [-0.39, 0.29) is 0 Å². The molecule has 0 spiro atoms. The van der Waals surface area contributed by atoms with Crippen LogP contribution in [0.15, 0.2) is 18.2 Å². The summed E-state index contributed by atoms with van der Waals surface area (Å²) < 4.78 is 5.79. The van der Waals surface area contributed by atoms with Gasteiger partial charge in [-0.2, -0.15) is 0 Å². The molecular weight excluding hydrogens is 248 g/mol. The Morgan fingerprint density at radius 2 is 2.35 bits per heavy atom. The van der Waals surface area contributed by atoms with Crippen molar-refractivity contribution in [3.63, 3.8) is 0 Å². The Hall–Kier alpha value is -1.22. The van der Waals surface area contributed by atoms with Crippen LogP contribution in [0.5, 0.6) is 5.75 Å². The molecule has 0 amide bonds. The van der Waals surface area contributed by atoms with Crippen molar-refractivity contribution in [2.75, 3.05) is 37.7 Å². The van der Waals surface area contributed by atoms with E-state index >= 15 is 0 Å². The van der Waals surface area contributed by atoms with E-state index in [4.69, 9.17) is 4.74 Å². The number of rotatable bonds is 4. The first kappa shape index (κ1) is 13.7. The molecule has 3 rings (SSSR count). The molecule has 2 aliphatic rings. The van der Waals surface area contributed by atoms with Gasteiger partial charge in [0.15, 0.2) is 0 Å². The molecule has 1 N–H and O–H groups in total. The third-order valence-electron chi connectivity index (χ3n) is 4.40. The van der Waals surface area contributed by atoms with Crippen molar-refractivity contribution in [3.8, 4) is 5.75 Å². The van der Waals surface area contributed by atoms with E-state index in [1.54, 1.807) is 0 Å². The fourth-order valence-corrected chi connectivity index (χ4v) is 3.38. The molecular formula is C17H26N2O. The minimum absolute atomic E-state index is 0.797. The Balaban J connectivity index is 1.74. The van der Waals surface area contributed by atoms with E-state index in [9.17, 15) is 0 Å². The monoisotopic (exact) mass is 274 g/mol. The Morgan fingerprint density at radius 1 is 1.40 bits per heavy atom. The van der Waals surface area contributed by atoms with Crippen molar-refractivity contribution in [2.24, 2.45) is 5.92 Å². The highest BCUT2D eigenvalue weighted by Crippen LogP contribution is 2.33. The molecule has 0 saturated carbocycles. The van der Waals surface area contributed by atoms with Crippen LogP contribution in [0.4, 0.5) is 5.69 Å². The van der Waals surface area contributed by atoms with Gasteiger partial charge in [-0.25, -0.2) is 0 Å². The lowest BCUT2D eigenvalue weighted by Crippen LogP contribution is -2.33. The lowest BCUT2D eigenvalue weighted by Gasteiger charge is -2.32. The van der Waals surface area contributed by atoms with Crippen LogP contribution < -0.4 is 15.0 Å². The summed E-state index contributed by atoms with van der Waals surface area (Å²) >= 11 is 0. The molecule has 3 nitrogen and oxygen atoms in total. The van der Waals surface area contributed by atoms with Gasteiger partial charge in [-0.05, 0) is 62.4 Å². The van der Waals surface area contributed by atoms with Crippen molar-refractivity contribution in [3.05, 3.63) is 23.8 Å². The Morgan fingerprint density at radius 3 is 3.15 bits per heavy atom. The highest BCUT2D eigenvalue weighted by atomic mass is 16.5. The first-order valence-electron chi connectivity index (χ1n) is 8.08. The third-order valence-corrected chi connectivity index (χ3v) is 4.40. The molecule has 0 aromatic heterocycles. The zero-order chi connectivity index (χ0) is 13.8. The summed E-state index contributed by atoms with van der Waals surface area (Å²) in [7, 11) is 0. The zero-order valence-corrected chi connectivity index (χ0v) is 12.5. The summed E-state index contributed by atoms with van der Waals surface area (Å²) in [6, 6.07) is 6.78. The van der Waals surface area contributed by atoms with Crippen LogP contribution in [-0.2, 0) is 6.42 Å². The SMILES string of the molecule is CCCN1CCOc2ccc(CC3CCCNC3)cc21. The zero-order valence-electron chi connectivity index (χ0n) is 12.5. The summed E-state index contributed by atoms with van der Waals surface area (Å²) in [5, 5.41) is 3.51. The van der Waals surface area contributed by atoms with E-state index < -0.39 is 0 Å². The molecule has 1 aromatic rings. The smallest absolute Gasteiger partial charge is 0.142 e. The first-order chi connectivity index (χ1) is 9.86. The number of hydrogen-bond acceptors (Lipinski definition) is 3. The highest BCUT2D eigenvalue weighted by molar-refractivity contribution is 5.61. The van der Waals surface area contributed by atoms with Gasteiger partial charge >= 0.3 is 0 Å². The molecule has 0 aliphatic carbocycles. The largest absolute Gasteiger partial charge is 0.490 e. The molecule has 0 bridgehead atoms. The van der Waals surface area contributed by atoms with E-state index in [1.165, 1.54) is 50.0 Å². The van der Waals surface area contributed by atoms with Gasteiger partial charge in [0.05, 0.1) is 12.2 Å². The number of nitrogens with one attached hydrogen (secondary N) is 1. The molecule has 2 heterocycles. The van der Waals surface area contributed by atoms with Crippen LogP contribution in [0.3, 0.4) is 0 Å². The molecule has 110 valence electrons. The van der Waals surface area contributed by atoms with Crippen molar-refractivity contribution in [2.45, 2.75) is 32.6 Å². The van der Waals surface area contributed by atoms with Gasteiger partial charge in [0, 0.05) is 6.54 Å². The number of fused-ring (bicyclic) bond motifs is 1. The number of nitrogens with zero attached hydrogens (tertiary/aromatic N) is 1. The summed E-state index contributed by atoms with van der Waals surface area (Å²) in [4.78, 5) is 2.47. The molecule has 0 radical (unpaired) electrons. The van der Waals surface area contributed by atoms with Crippen molar-refractivity contribution in [1.82, 2.24) is 5.32 Å². The molecule has 1 atom stereocenters. The van der Waals surface area contributed by atoms with Gasteiger partial charge in [-0.3, -0.25) is 0 Å². The van der Waals surface area contributed by atoms with Crippen LogP contribution in [-0.4, -0.2) is 32.8 Å². The fraction of sp³-hybridized carbons (Fsp3) is 0.647. The van der Waals surface area contributed by atoms with Crippen LogP contribution in [0.1, 0.15) is 31.7 Å². The minimum atomic E-state index is 0.797. The van der Waals surface area contributed by atoms with Crippen molar-refractivity contribution >= 4 is 5.69 Å². The van der Waals surface area contributed by atoms with E-state index in [2.05, 4.69) is 35.3 Å². The van der Waals surface area contributed by atoms with Crippen LogP contribution >= 0.6 is 0 Å². The van der Waals surface area contributed by atoms with Crippen molar-refractivity contribution < 1.29 is 4.74 Å². The summed E-state index contributed by atoms with van der Waals surface area (Å²) in [5.41, 5.74) is 2.77. The predicted molar refractivity (Wildman–Crippen MR) is 83.7 cm³/mol. The maximum atomic E-state index is 5.79. The number of benzene rings is 1. The van der Waals surface area contributed by atoms with Gasteiger partial charge in [-0.1, -0.05) is 13.0 Å². The molecule has 3 heteroatoms. The number of anilines is 1. The van der Waals surface area contributed by atoms with Gasteiger partial charge in [-0.15, -0.1) is 0 Å². The van der Waals surface area contributed by atoms with Crippen LogP contribution in [0.25, 0.3) is 0 Å². The summed E-state index contributed by atoms with van der Waals surface area (Å²) in [6.45, 7) is 7.58. The quantitative estimate of drug-likeness (QED) is 0.913. The maximum Gasteiger partial charge on any atom is 0.142 e. The normalized spacial score (nSPS) is 22.2. The molecule has 20 heavy (non-hydrogen) atoms. The number of ether oxygens (including phenoxy) is 1. The topological polar surface area (TPSA) is 24.5 Å². The number of piperidine rings is 1. The Bertz CT molecular complexity index is 441. The van der Waals surface area contributed by atoms with Crippen molar-refractivity contribution in [1.29, 1.82) is 0 Å². The van der Waals surface area contributed by atoms with E-state index in [1.807, 2.05) is 0 Å². The average Bonchev–Trinajstić information content (AvgIpc) is 2.49. The van der Waals surface area contributed by atoms with Crippen LogP contribution in [0, 0.1) is 5.92 Å². The standard InChI is InChI=1S/C17H26N2O/c1-2-8-19-9-10-20-17-6-5-14(12-16(17)19)11-15-4-3-7-18-13-15/h5-6,12,15,18H,2-4,7-11,13H2,1H3. The number of hydrogen-bond donors (Lipinski definition) is 1. The first-order valence-corrected chi connectivity index (χ1v) is 8.08. The second kappa shape index (κ2) is 6.49. The van der Waals surface area contributed by atoms with Gasteiger partial charge in [0.1, 0.15) is 12.4 Å². The van der Waals surface area contributed by atoms with Gasteiger partial charge in [0.25, 0.3) is 0 Å². The highest BCUT2D eigenvalue weighted by Gasteiger charge is 2.19. The summed E-state index contributed by atoms with van der Waals surface area (Å²) in [5.74, 6) is 1.86. The van der Waals surface area contributed by atoms with Gasteiger partial charge < -0.3 is 15.0 Å². The molecule has 2 aliphatic heterocycles. The second-order valence-corrected chi connectivity index (χ2v) is 6.05. The predicted octanol–water partition coefficient (Wildman–Crippen LogP) is 2.84. The molecule has 1 saturated heterocycles. The third kappa shape index (κ3) is 3.09. The van der Waals surface area contributed by atoms with Gasteiger partial charge in [0.2, 0.25) is 0 Å². The fourth-order valence-electron chi connectivity index (χ4n) is 3.38. The Labute approximate surface area is 122 Å². The summed E-state index contributed by atoms with van der Waals surface area (Å²) in [6.07, 6.45) is 5.07. The maximum absolute atomic E-state index is 5.79. The lowest BCUT2D eigenvalue weighted by molar-refractivity contribution is 0.307. The Kier molecular flexibility index (Phi) is 4.46. The molecule has 1 unspecified atom stereocenters. The van der Waals surface area contributed by atoms with E-state index in [0.29, 0.717) is 0 Å². The van der Waals surface area contributed by atoms with E-state index in [0.717, 1.165) is 31.4 Å².